The van der Waals surface area contributed by atoms with Gasteiger partial charge in [0.2, 0.25) is 0 Å². The Morgan fingerprint density at radius 2 is 1.44 bits per heavy atom. The number of alkyl halides is 3. The second-order valence-electron chi connectivity index (χ2n) is 7.26. The third-order valence-electron chi connectivity index (χ3n) is 4.35. The van der Waals surface area contributed by atoms with Gasteiger partial charge in [0.15, 0.2) is 10.1 Å². The van der Waals surface area contributed by atoms with Crippen LogP contribution in [0.15, 0.2) is 73.3 Å². The van der Waals surface area contributed by atoms with Gasteiger partial charge >= 0.3 is 11.5 Å². The summed E-state index contributed by atoms with van der Waals surface area (Å²) in [6, 6.07) is 21.1. The van der Waals surface area contributed by atoms with Crippen LogP contribution in [-0.2, 0) is 32.7 Å². The van der Waals surface area contributed by atoms with Crippen LogP contribution in [0.2, 0.25) is 0 Å². The first-order chi connectivity index (χ1) is 14.9. The lowest BCUT2D eigenvalue weighted by molar-refractivity contribution is -0.935. The first-order valence-corrected chi connectivity index (χ1v) is 11.0. The van der Waals surface area contributed by atoms with Gasteiger partial charge in [-0.2, -0.15) is 13.2 Å². The van der Waals surface area contributed by atoms with Crippen molar-refractivity contribution in [1.29, 1.82) is 0 Å². The van der Waals surface area contributed by atoms with E-state index in [4.69, 9.17) is 17.7 Å². The molecule has 0 atom stereocenters. The Balaban J connectivity index is 0.000000547. The van der Waals surface area contributed by atoms with Crippen LogP contribution >= 0.6 is 0 Å². The van der Waals surface area contributed by atoms with Crippen LogP contribution in [0.25, 0.3) is 0 Å². The maximum absolute atomic E-state index is 11.2. The highest BCUT2D eigenvalue weighted by Gasteiger charge is 2.36. The van der Waals surface area contributed by atoms with Gasteiger partial charge in [-0.05, 0) is 0 Å². The maximum Gasteiger partial charge on any atom is 0.485 e. The summed E-state index contributed by atoms with van der Waals surface area (Å²) in [7, 11) is -3.83. The Kier molecular flexibility index (Phi) is 10.6. The number of esters is 1. The van der Waals surface area contributed by atoms with Crippen molar-refractivity contribution in [2.24, 2.45) is 0 Å². The van der Waals surface area contributed by atoms with E-state index in [0.29, 0.717) is 6.61 Å². The minimum Gasteiger partial charge on any atom is -0.741 e. The summed E-state index contributed by atoms with van der Waals surface area (Å²) in [5.41, 5.74) is -3.01. The molecule has 0 heterocycles. The third-order valence-corrected chi connectivity index (χ3v) is 4.92. The van der Waals surface area contributed by atoms with E-state index in [1.165, 1.54) is 17.2 Å². The monoisotopic (exact) mass is 473 g/mol. The Labute approximate surface area is 186 Å². The van der Waals surface area contributed by atoms with Crippen molar-refractivity contribution >= 4 is 16.1 Å². The topological polar surface area (TPSA) is 83.5 Å². The molecule has 176 valence electrons. The van der Waals surface area contributed by atoms with E-state index >= 15 is 0 Å². The Morgan fingerprint density at radius 1 is 1.03 bits per heavy atom. The molecular weight excluding hydrogens is 447 g/mol. The van der Waals surface area contributed by atoms with Crippen molar-refractivity contribution in [3.63, 3.8) is 0 Å². The molecule has 10 heteroatoms. The van der Waals surface area contributed by atoms with Crippen molar-refractivity contribution in [3.05, 3.63) is 84.4 Å². The quantitative estimate of drug-likeness (QED) is 0.137. The number of ether oxygens (including phenoxy) is 1. The van der Waals surface area contributed by atoms with E-state index in [1.807, 2.05) is 12.1 Å². The van der Waals surface area contributed by atoms with Gasteiger partial charge in [-0.3, -0.25) is 0 Å². The smallest absolute Gasteiger partial charge is 0.485 e. The summed E-state index contributed by atoms with van der Waals surface area (Å²) in [5, 5.41) is 0. The van der Waals surface area contributed by atoms with Gasteiger partial charge in [-0.15, -0.1) is 0 Å². The predicted molar refractivity (Wildman–Crippen MR) is 113 cm³/mol. The van der Waals surface area contributed by atoms with Crippen LogP contribution in [0.4, 0.5) is 13.2 Å². The molecule has 0 unspecified atom stereocenters. The number of carbonyl (C=O) groups is 1. The molecule has 0 bridgehead atoms. The molecule has 2 rings (SSSR count). The number of rotatable bonds is 9. The standard InChI is InChI=1S/C21H26NO2.CHF3O3S/c1-3-21(23)24-16-10-15-22(2,17-19-11-6-4-7-12-19)18-20-13-8-5-9-14-20;2-1(3,4)8(5,6)7/h3-9,11-14H,1,10,15-18H2,2H3;(H,5,6,7)/q+1;/p-1. The van der Waals surface area contributed by atoms with Gasteiger partial charge in [0.05, 0.1) is 20.2 Å². The van der Waals surface area contributed by atoms with E-state index in [-0.39, 0.29) is 5.97 Å². The molecule has 0 radical (unpaired) electrons. The Morgan fingerprint density at radius 3 is 1.78 bits per heavy atom. The number of quaternary nitrogens is 1. The minimum absolute atomic E-state index is 0.352. The van der Waals surface area contributed by atoms with Crippen LogP contribution in [0, 0.1) is 0 Å². The van der Waals surface area contributed by atoms with Gasteiger partial charge in [-0.1, -0.05) is 67.2 Å². The average Bonchev–Trinajstić information content (AvgIpc) is 2.71. The summed E-state index contributed by atoms with van der Waals surface area (Å²) in [5.74, 6) is -0.352. The molecule has 0 saturated heterocycles. The molecule has 0 amide bonds. The normalized spacial score (nSPS) is 11.8. The second-order valence-corrected chi connectivity index (χ2v) is 8.63. The van der Waals surface area contributed by atoms with E-state index in [2.05, 4.69) is 62.2 Å². The van der Waals surface area contributed by atoms with E-state index in [9.17, 15) is 18.0 Å². The van der Waals surface area contributed by atoms with Gasteiger partial charge in [0.1, 0.15) is 13.1 Å². The molecule has 2 aromatic rings. The van der Waals surface area contributed by atoms with Crippen molar-refractivity contribution in [3.8, 4) is 0 Å². The number of hydrogen-bond donors (Lipinski definition) is 0. The molecule has 0 aliphatic heterocycles. The van der Waals surface area contributed by atoms with Gasteiger partial charge < -0.3 is 13.8 Å². The number of benzene rings is 2. The fourth-order valence-corrected chi connectivity index (χ4v) is 2.94. The fraction of sp³-hybridized carbons (Fsp3) is 0.318. The average molecular weight is 474 g/mol. The van der Waals surface area contributed by atoms with Gasteiger partial charge in [0.25, 0.3) is 0 Å². The zero-order valence-electron chi connectivity index (χ0n) is 17.6. The molecule has 2 aromatic carbocycles. The lowest BCUT2D eigenvalue weighted by Crippen LogP contribution is -2.43. The van der Waals surface area contributed by atoms with Crippen LogP contribution in [-0.4, -0.2) is 49.1 Å². The van der Waals surface area contributed by atoms with Crippen LogP contribution in [0.5, 0.6) is 0 Å². The van der Waals surface area contributed by atoms with Crippen molar-refractivity contribution < 1.29 is 40.2 Å². The van der Waals surface area contributed by atoms with E-state index < -0.39 is 15.6 Å². The van der Waals surface area contributed by atoms with Crippen molar-refractivity contribution in [2.45, 2.75) is 25.0 Å². The highest BCUT2D eigenvalue weighted by atomic mass is 32.2. The lowest BCUT2D eigenvalue weighted by atomic mass is 10.1. The highest BCUT2D eigenvalue weighted by molar-refractivity contribution is 7.86. The first kappa shape index (κ1) is 27.3. The molecule has 0 aliphatic rings. The number of carbonyl (C=O) groups excluding carboxylic acids is 1. The zero-order chi connectivity index (χ0) is 24.3. The SMILES string of the molecule is C=CC(=O)OCCC[N+](C)(Cc1ccccc1)Cc1ccccc1.O=S(=O)([O-])C(F)(F)F. The van der Waals surface area contributed by atoms with E-state index in [0.717, 1.165) is 30.5 Å². The largest absolute Gasteiger partial charge is 0.741 e. The highest BCUT2D eigenvalue weighted by Crippen LogP contribution is 2.20. The number of hydrogen-bond acceptors (Lipinski definition) is 5. The second kappa shape index (κ2) is 12.4. The summed E-state index contributed by atoms with van der Waals surface area (Å²) >= 11 is 0. The molecule has 0 aliphatic carbocycles. The molecular formula is C22H26F3NO5S. The maximum atomic E-state index is 11.2. The van der Waals surface area contributed by atoms with Crippen LogP contribution < -0.4 is 0 Å². The van der Waals surface area contributed by atoms with Crippen LogP contribution in [0.1, 0.15) is 17.5 Å². The number of nitrogens with zero attached hydrogens (tertiary/aromatic N) is 1. The summed E-state index contributed by atoms with van der Waals surface area (Å²) in [4.78, 5) is 11.2. The fourth-order valence-electron chi connectivity index (χ4n) is 2.94. The first-order valence-electron chi connectivity index (χ1n) is 9.59. The molecule has 0 fully saturated rings. The molecule has 0 spiro atoms. The van der Waals surface area contributed by atoms with Crippen molar-refractivity contribution in [1.82, 2.24) is 0 Å². The van der Waals surface area contributed by atoms with Crippen molar-refractivity contribution in [2.75, 3.05) is 20.2 Å². The van der Waals surface area contributed by atoms with Crippen LogP contribution in [0.3, 0.4) is 0 Å². The number of halogens is 3. The minimum atomic E-state index is -6.09. The molecule has 6 nitrogen and oxygen atoms in total. The lowest BCUT2D eigenvalue weighted by Gasteiger charge is -2.35. The molecule has 0 aromatic heterocycles. The zero-order valence-corrected chi connectivity index (χ0v) is 18.4. The summed E-state index contributed by atoms with van der Waals surface area (Å²) in [6.07, 6.45) is 2.04. The third kappa shape index (κ3) is 10.6. The predicted octanol–water partition coefficient (Wildman–Crippen LogP) is 4.00. The summed E-state index contributed by atoms with van der Waals surface area (Å²) < 4.78 is 64.9. The van der Waals surface area contributed by atoms with Gasteiger partial charge in [0, 0.05) is 23.6 Å². The Hall–Kier alpha value is -2.69. The molecule has 0 saturated carbocycles. The van der Waals surface area contributed by atoms with Gasteiger partial charge in [-0.25, -0.2) is 13.2 Å². The van der Waals surface area contributed by atoms with E-state index in [1.54, 1.807) is 0 Å². The summed E-state index contributed by atoms with van der Waals surface area (Å²) in [6.45, 7) is 6.69. The molecule has 0 N–H and O–H groups in total. The molecule has 32 heavy (non-hydrogen) atoms. The Bertz CT molecular complexity index is 907.